The van der Waals surface area contributed by atoms with Crippen LogP contribution in [0.2, 0.25) is 0 Å². The quantitative estimate of drug-likeness (QED) is 0.527. The molecule has 0 bridgehead atoms. The van der Waals surface area contributed by atoms with E-state index in [0.29, 0.717) is 0 Å². The summed E-state index contributed by atoms with van der Waals surface area (Å²) in [5.74, 6) is 0. The molecular formula is C2H2F3NO2S. The van der Waals surface area contributed by atoms with Crippen LogP contribution in [-0.4, -0.2) is 20.6 Å². The monoisotopic (exact) mass is 161 g/mol. The zero-order valence-corrected chi connectivity index (χ0v) is 4.83. The van der Waals surface area contributed by atoms with E-state index >= 15 is 0 Å². The van der Waals surface area contributed by atoms with Gasteiger partial charge in [0.1, 0.15) is 0 Å². The molecule has 0 aliphatic heterocycles. The van der Waals surface area contributed by atoms with Crippen molar-refractivity contribution in [2.24, 2.45) is 4.40 Å². The molecule has 0 rings (SSSR count). The van der Waals surface area contributed by atoms with E-state index < -0.39 is 15.5 Å². The fourth-order valence-electron chi connectivity index (χ4n) is 0.0732. The number of hydrogen-bond donors (Lipinski definition) is 0. The van der Waals surface area contributed by atoms with Crippen molar-refractivity contribution in [1.29, 1.82) is 0 Å². The Morgan fingerprint density at radius 1 is 1.33 bits per heavy atom. The van der Waals surface area contributed by atoms with E-state index in [1.165, 1.54) is 0 Å². The highest BCUT2D eigenvalue weighted by Crippen LogP contribution is 2.23. The van der Waals surface area contributed by atoms with Crippen LogP contribution < -0.4 is 0 Å². The van der Waals surface area contributed by atoms with E-state index in [9.17, 15) is 21.6 Å². The molecule has 0 fully saturated rings. The largest absolute Gasteiger partial charge is 0.518 e. The molecule has 0 amide bonds. The van der Waals surface area contributed by atoms with E-state index in [4.69, 9.17) is 0 Å². The Morgan fingerprint density at radius 3 is 1.67 bits per heavy atom. The molecule has 7 heteroatoms. The summed E-state index contributed by atoms with van der Waals surface area (Å²) in [6.07, 6.45) is 0. The molecule has 0 aromatic carbocycles. The van der Waals surface area contributed by atoms with E-state index in [0.717, 1.165) is 0 Å². The Labute approximate surface area is 49.3 Å². The second-order valence-electron chi connectivity index (χ2n) is 1.05. The molecule has 9 heavy (non-hydrogen) atoms. The van der Waals surface area contributed by atoms with Crippen molar-refractivity contribution in [2.45, 2.75) is 5.51 Å². The van der Waals surface area contributed by atoms with Crippen molar-refractivity contribution in [3.8, 4) is 0 Å². The van der Waals surface area contributed by atoms with Gasteiger partial charge in [0.2, 0.25) is 0 Å². The minimum Gasteiger partial charge on any atom is -0.195 e. The maximum Gasteiger partial charge on any atom is 0.518 e. The van der Waals surface area contributed by atoms with Crippen molar-refractivity contribution < 1.29 is 21.6 Å². The van der Waals surface area contributed by atoms with Gasteiger partial charge in [0.15, 0.2) is 0 Å². The molecule has 0 unspecified atom stereocenters. The highest BCUT2D eigenvalue weighted by molar-refractivity contribution is 7.91. The zero-order chi connectivity index (χ0) is 7.71. The number of hydrogen-bond acceptors (Lipinski definition) is 2. The third kappa shape index (κ3) is 1.67. The molecule has 0 aliphatic carbocycles. The minimum atomic E-state index is -5.32. The molecule has 0 heterocycles. The van der Waals surface area contributed by atoms with Crippen LogP contribution >= 0.6 is 0 Å². The van der Waals surface area contributed by atoms with Gasteiger partial charge in [0, 0.05) is 6.72 Å². The zero-order valence-electron chi connectivity index (χ0n) is 4.01. The van der Waals surface area contributed by atoms with Gasteiger partial charge in [-0.15, -0.1) is 0 Å². The molecule has 0 aliphatic rings. The number of rotatable bonds is 1. The standard InChI is InChI=1S/C2H2F3NO2S/c1-6-9(7,8)2(3,4)5/h1H2. The Kier molecular flexibility index (Phi) is 1.85. The van der Waals surface area contributed by atoms with E-state index in [1.54, 1.807) is 0 Å². The average Bonchev–Trinajstić information content (AvgIpc) is 1.64. The first-order valence-corrected chi connectivity index (χ1v) is 3.04. The van der Waals surface area contributed by atoms with Crippen molar-refractivity contribution in [1.82, 2.24) is 0 Å². The van der Waals surface area contributed by atoms with Gasteiger partial charge in [-0.05, 0) is 0 Å². The Bertz CT molecular complexity index is 202. The smallest absolute Gasteiger partial charge is 0.195 e. The van der Waals surface area contributed by atoms with Crippen molar-refractivity contribution in [2.75, 3.05) is 0 Å². The first-order chi connectivity index (χ1) is 3.81. The summed E-state index contributed by atoms with van der Waals surface area (Å²) in [6, 6.07) is 0. The minimum absolute atomic E-state index is 1.89. The number of sulfonamides is 1. The predicted octanol–water partition coefficient (Wildman–Crippen LogP) is 0.537. The Morgan fingerprint density at radius 2 is 1.67 bits per heavy atom. The molecule has 0 spiro atoms. The molecular weight excluding hydrogens is 159 g/mol. The van der Waals surface area contributed by atoms with Crippen LogP contribution in [0, 0.1) is 0 Å². The molecule has 3 nitrogen and oxygen atoms in total. The summed E-state index contributed by atoms with van der Waals surface area (Å²) in [7, 11) is -5.32. The van der Waals surface area contributed by atoms with E-state index in [1.807, 2.05) is 4.40 Å². The normalized spacial score (nSPS) is 13.2. The van der Waals surface area contributed by atoms with Gasteiger partial charge in [-0.2, -0.15) is 26.0 Å². The highest BCUT2D eigenvalue weighted by atomic mass is 32.2. The van der Waals surface area contributed by atoms with Crippen LogP contribution in [0.15, 0.2) is 4.40 Å². The third-order valence-electron chi connectivity index (χ3n) is 0.462. The Hall–Kier alpha value is -0.590. The van der Waals surface area contributed by atoms with Gasteiger partial charge in [-0.3, -0.25) is 0 Å². The summed E-state index contributed by atoms with van der Waals surface area (Å²) < 4.78 is 54.6. The van der Waals surface area contributed by atoms with Crippen molar-refractivity contribution in [3.05, 3.63) is 0 Å². The average molecular weight is 161 g/mol. The summed E-state index contributed by atoms with van der Waals surface area (Å²) in [4.78, 5) is 0. The summed E-state index contributed by atoms with van der Waals surface area (Å²) in [5, 5.41) is 0. The first-order valence-electron chi connectivity index (χ1n) is 1.60. The van der Waals surface area contributed by atoms with Crippen LogP contribution in [0.1, 0.15) is 0 Å². The summed E-state index contributed by atoms with van der Waals surface area (Å²) >= 11 is 0. The SMILES string of the molecule is C=NS(=O)(=O)C(F)(F)F. The van der Waals surface area contributed by atoms with Crippen molar-refractivity contribution >= 4 is 16.7 Å². The van der Waals surface area contributed by atoms with Gasteiger partial charge < -0.3 is 0 Å². The lowest BCUT2D eigenvalue weighted by Crippen LogP contribution is -2.19. The van der Waals surface area contributed by atoms with Crippen LogP contribution in [0.25, 0.3) is 0 Å². The summed E-state index contributed by atoms with van der Waals surface area (Å²) in [5.41, 5.74) is -5.31. The van der Waals surface area contributed by atoms with Crippen LogP contribution in [0.4, 0.5) is 13.2 Å². The molecule has 54 valence electrons. The van der Waals surface area contributed by atoms with Gasteiger partial charge in [0.25, 0.3) is 0 Å². The maximum absolute atomic E-state index is 11.1. The lowest BCUT2D eigenvalue weighted by Gasteiger charge is -1.99. The fourth-order valence-corrected chi connectivity index (χ4v) is 0.220. The lowest BCUT2D eigenvalue weighted by atomic mass is 11.6. The molecule has 0 radical (unpaired) electrons. The molecule has 0 saturated heterocycles. The van der Waals surface area contributed by atoms with E-state index in [2.05, 4.69) is 6.72 Å². The van der Waals surface area contributed by atoms with Crippen LogP contribution in [0.5, 0.6) is 0 Å². The molecule has 0 aromatic rings. The van der Waals surface area contributed by atoms with Crippen molar-refractivity contribution in [3.63, 3.8) is 0 Å². The molecule has 0 aromatic heterocycles. The van der Waals surface area contributed by atoms with Gasteiger partial charge >= 0.3 is 15.5 Å². The van der Waals surface area contributed by atoms with Gasteiger partial charge in [-0.25, -0.2) is 0 Å². The van der Waals surface area contributed by atoms with Gasteiger partial charge in [-0.1, -0.05) is 0 Å². The highest BCUT2D eigenvalue weighted by Gasteiger charge is 2.45. The maximum atomic E-state index is 11.1. The predicted molar refractivity (Wildman–Crippen MR) is 24.5 cm³/mol. The second kappa shape index (κ2) is 1.98. The first kappa shape index (κ1) is 8.41. The Balaban J connectivity index is 4.79. The van der Waals surface area contributed by atoms with Crippen LogP contribution in [-0.2, 0) is 10.0 Å². The number of halogens is 3. The third-order valence-corrected chi connectivity index (χ3v) is 1.39. The number of alkyl halides is 3. The lowest BCUT2D eigenvalue weighted by molar-refractivity contribution is -0.0434. The molecule has 0 N–H and O–H groups in total. The van der Waals surface area contributed by atoms with Gasteiger partial charge in [0.05, 0.1) is 0 Å². The number of nitrogens with zero attached hydrogens (tertiary/aromatic N) is 1. The van der Waals surface area contributed by atoms with E-state index in [-0.39, 0.29) is 0 Å². The van der Waals surface area contributed by atoms with Crippen LogP contribution in [0.3, 0.4) is 0 Å². The fraction of sp³-hybridized carbons (Fsp3) is 0.500. The molecule has 0 saturated carbocycles. The second-order valence-corrected chi connectivity index (χ2v) is 2.72. The molecule has 0 atom stereocenters. The summed E-state index contributed by atoms with van der Waals surface area (Å²) in [6.45, 7) is 2.24. The topological polar surface area (TPSA) is 46.5 Å².